The molecule has 1 aromatic rings. The first-order valence-electron chi connectivity index (χ1n) is 4.76. The summed E-state index contributed by atoms with van der Waals surface area (Å²) in [5, 5.41) is 15.3. The molecule has 0 saturated heterocycles. The van der Waals surface area contributed by atoms with Gasteiger partial charge in [-0.25, -0.2) is 0 Å². The molecule has 0 aromatic heterocycles. The van der Waals surface area contributed by atoms with Gasteiger partial charge in [0, 0.05) is 12.8 Å². The maximum Gasteiger partial charge on any atom is 0.106 e. The van der Waals surface area contributed by atoms with Crippen LogP contribution in [0.2, 0.25) is 0 Å². The van der Waals surface area contributed by atoms with Gasteiger partial charge in [0.2, 0.25) is 0 Å². The highest BCUT2D eigenvalue weighted by atomic mass is 15.2. The Bertz CT molecular complexity index is 353. The van der Waals surface area contributed by atoms with Crippen molar-refractivity contribution in [1.82, 2.24) is 0 Å². The molecule has 1 aliphatic heterocycles. The molecule has 1 aromatic carbocycles. The topological polar surface area (TPSA) is 47.9 Å². The van der Waals surface area contributed by atoms with Gasteiger partial charge in [0.15, 0.2) is 0 Å². The Morgan fingerprint density at radius 2 is 1.86 bits per heavy atom. The van der Waals surface area contributed by atoms with E-state index in [0.29, 0.717) is 6.42 Å². The molecular formula is C11H13N3. The third kappa shape index (κ3) is 1.51. The number of para-hydroxylation sites is 2. The van der Waals surface area contributed by atoms with Crippen LogP contribution >= 0.6 is 0 Å². The van der Waals surface area contributed by atoms with Crippen LogP contribution in [-0.2, 0) is 0 Å². The lowest BCUT2D eigenvalue weighted by molar-refractivity contribution is 0.557. The molecule has 0 unspecified atom stereocenters. The van der Waals surface area contributed by atoms with Crippen LogP contribution in [-0.4, -0.2) is 5.66 Å². The Hall–Kier alpha value is -1.69. The van der Waals surface area contributed by atoms with Gasteiger partial charge in [-0.1, -0.05) is 12.1 Å². The van der Waals surface area contributed by atoms with Crippen molar-refractivity contribution in [3.63, 3.8) is 0 Å². The highest BCUT2D eigenvalue weighted by Crippen LogP contribution is 2.35. The zero-order valence-electron chi connectivity index (χ0n) is 8.17. The minimum atomic E-state index is -0.167. The van der Waals surface area contributed by atoms with Crippen LogP contribution in [0.25, 0.3) is 0 Å². The van der Waals surface area contributed by atoms with Crippen LogP contribution in [0, 0.1) is 11.3 Å². The number of benzene rings is 1. The maximum atomic E-state index is 8.55. The first-order valence-corrected chi connectivity index (χ1v) is 4.76. The lowest BCUT2D eigenvalue weighted by atomic mass is 10.1. The molecule has 0 amide bonds. The van der Waals surface area contributed by atoms with Crippen LogP contribution in [0.5, 0.6) is 0 Å². The Kier molecular flexibility index (Phi) is 2.05. The zero-order chi connectivity index (χ0) is 10.0. The fourth-order valence-corrected chi connectivity index (χ4v) is 1.76. The van der Waals surface area contributed by atoms with Crippen molar-refractivity contribution in [2.45, 2.75) is 25.4 Å². The summed E-state index contributed by atoms with van der Waals surface area (Å²) in [6.45, 7) is 2.07. The average Bonchev–Trinajstić information content (AvgIpc) is 2.51. The molecule has 1 heterocycles. The minimum absolute atomic E-state index is 0.167. The van der Waals surface area contributed by atoms with Crippen LogP contribution < -0.4 is 10.6 Å². The van der Waals surface area contributed by atoms with Crippen molar-refractivity contribution in [1.29, 1.82) is 5.26 Å². The minimum Gasteiger partial charge on any atom is -0.361 e. The number of anilines is 2. The molecule has 0 fully saturated rings. The first kappa shape index (κ1) is 8.89. The average molecular weight is 187 g/mol. The van der Waals surface area contributed by atoms with Crippen molar-refractivity contribution < 1.29 is 0 Å². The Morgan fingerprint density at radius 3 is 2.36 bits per heavy atom. The second kappa shape index (κ2) is 3.22. The zero-order valence-corrected chi connectivity index (χ0v) is 8.17. The lowest BCUT2D eigenvalue weighted by Crippen LogP contribution is -2.37. The fraction of sp³-hybridized carbons (Fsp3) is 0.364. The summed E-state index contributed by atoms with van der Waals surface area (Å²) < 4.78 is 0. The van der Waals surface area contributed by atoms with E-state index in [9.17, 15) is 0 Å². The van der Waals surface area contributed by atoms with E-state index in [0.717, 1.165) is 17.8 Å². The molecule has 1 aliphatic rings. The molecule has 0 bridgehead atoms. The van der Waals surface area contributed by atoms with E-state index in [1.165, 1.54) is 0 Å². The summed E-state index contributed by atoms with van der Waals surface area (Å²) in [4.78, 5) is 0. The van der Waals surface area contributed by atoms with Crippen LogP contribution in [0.3, 0.4) is 0 Å². The number of hydrogen-bond donors (Lipinski definition) is 2. The smallest absolute Gasteiger partial charge is 0.106 e. The second-order valence-electron chi connectivity index (χ2n) is 3.79. The van der Waals surface area contributed by atoms with Gasteiger partial charge in [-0.15, -0.1) is 0 Å². The molecule has 14 heavy (non-hydrogen) atoms. The van der Waals surface area contributed by atoms with Gasteiger partial charge < -0.3 is 10.6 Å². The predicted molar refractivity (Wildman–Crippen MR) is 56.9 cm³/mol. The van der Waals surface area contributed by atoms with Crippen LogP contribution in [0.15, 0.2) is 24.3 Å². The summed E-state index contributed by atoms with van der Waals surface area (Å²) in [5.41, 5.74) is 2.07. The first-order chi connectivity index (χ1) is 6.73. The van der Waals surface area contributed by atoms with Gasteiger partial charge >= 0.3 is 0 Å². The van der Waals surface area contributed by atoms with Gasteiger partial charge in [-0.3, -0.25) is 0 Å². The van der Waals surface area contributed by atoms with Crippen molar-refractivity contribution in [3.8, 4) is 6.07 Å². The van der Waals surface area contributed by atoms with Crippen molar-refractivity contribution in [2.75, 3.05) is 10.6 Å². The molecule has 0 spiro atoms. The fourth-order valence-electron chi connectivity index (χ4n) is 1.76. The van der Waals surface area contributed by atoms with E-state index in [2.05, 4.69) is 23.6 Å². The van der Waals surface area contributed by atoms with Gasteiger partial charge in [-0.05, 0) is 19.1 Å². The lowest BCUT2D eigenvalue weighted by Gasteiger charge is -2.24. The Balaban J connectivity index is 2.14. The molecule has 2 N–H and O–H groups in total. The summed E-state index contributed by atoms with van der Waals surface area (Å²) in [6.07, 6.45) is 1.36. The number of nitrogens with one attached hydrogen (secondary N) is 2. The van der Waals surface area contributed by atoms with Crippen LogP contribution in [0.1, 0.15) is 19.8 Å². The summed E-state index contributed by atoms with van der Waals surface area (Å²) in [5.74, 6) is 0. The number of fused-ring (bicyclic) bond motifs is 1. The molecule has 0 saturated carbocycles. The molecular weight excluding hydrogens is 174 g/mol. The molecule has 0 atom stereocenters. The van der Waals surface area contributed by atoms with Crippen molar-refractivity contribution in [2.24, 2.45) is 0 Å². The van der Waals surface area contributed by atoms with E-state index in [1.54, 1.807) is 0 Å². The summed E-state index contributed by atoms with van der Waals surface area (Å²) in [7, 11) is 0. The van der Waals surface area contributed by atoms with Crippen LogP contribution in [0.4, 0.5) is 11.4 Å². The molecule has 3 heteroatoms. The maximum absolute atomic E-state index is 8.55. The van der Waals surface area contributed by atoms with E-state index in [4.69, 9.17) is 5.26 Å². The SMILES string of the molecule is CC1(CCC#N)Nc2ccccc2N1. The number of nitrogens with zero attached hydrogens (tertiary/aromatic N) is 1. The largest absolute Gasteiger partial charge is 0.361 e. The Morgan fingerprint density at radius 1 is 1.29 bits per heavy atom. The third-order valence-electron chi connectivity index (χ3n) is 2.48. The van der Waals surface area contributed by atoms with E-state index < -0.39 is 0 Å². The van der Waals surface area contributed by atoms with Gasteiger partial charge in [0.25, 0.3) is 0 Å². The second-order valence-corrected chi connectivity index (χ2v) is 3.79. The molecule has 0 radical (unpaired) electrons. The number of rotatable bonds is 2. The van der Waals surface area contributed by atoms with Crippen molar-refractivity contribution in [3.05, 3.63) is 24.3 Å². The highest BCUT2D eigenvalue weighted by Gasteiger charge is 2.30. The third-order valence-corrected chi connectivity index (χ3v) is 2.48. The van der Waals surface area contributed by atoms with Gasteiger partial charge in [-0.2, -0.15) is 5.26 Å². The molecule has 2 rings (SSSR count). The van der Waals surface area contributed by atoms with E-state index >= 15 is 0 Å². The van der Waals surface area contributed by atoms with Gasteiger partial charge in [0.05, 0.1) is 17.4 Å². The monoisotopic (exact) mass is 187 g/mol. The molecule has 0 aliphatic carbocycles. The summed E-state index contributed by atoms with van der Waals surface area (Å²) >= 11 is 0. The van der Waals surface area contributed by atoms with Crippen molar-refractivity contribution >= 4 is 11.4 Å². The highest BCUT2D eigenvalue weighted by molar-refractivity contribution is 5.75. The van der Waals surface area contributed by atoms with Gasteiger partial charge in [0.1, 0.15) is 5.66 Å². The number of nitriles is 1. The quantitative estimate of drug-likeness (QED) is 0.748. The molecule has 72 valence electrons. The summed E-state index contributed by atoms with van der Waals surface area (Å²) in [6, 6.07) is 10.3. The molecule has 3 nitrogen and oxygen atoms in total. The Labute approximate surface area is 83.7 Å². The normalized spacial score (nSPS) is 16.3. The number of hydrogen-bond acceptors (Lipinski definition) is 3. The van der Waals surface area contributed by atoms with E-state index in [1.807, 2.05) is 24.3 Å². The van der Waals surface area contributed by atoms with E-state index in [-0.39, 0.29) is 5.66 Å². The predicted octanol–water partition coefficient (Wildman–Crippen LogP) is 2.54. The standard InChI is InChI=1S/C11H13N3/c1-11(7-4-8-12)13-9-5-2-3-6-10(9)14-11/h2-3,5-6,13-14H,4,7H2,1H3.